The minimum atomic E-state index is -0.382. The Morgan fingerprint density at radius 2 is 2.10 bits per heavy atom. The summed E-state index contributed by atoms with van der Waals surface area (Å²) < 4.78 is 5.72. The van der Waals surface area contributed by atoms with E-state index >= 15 is 0 Å². The number of carbonyl (C=O) groups is 1. The predicted molar refractivity (Wildman–Crippen MR) is 86.9 cm³/mol. The van der Waals surface area contributed by atoms with Gasteiger partial charge in [-0.3, -0.25) is 4.79 Å². The van der Waals surface area contributed by atoms with E-state index in [4.69, 9.17) is 10.5 Å². The van der Waals surface area contributed by atoms with Crippen molar-refractivity contribution in [3.63, 3.8) is 0 Å². The van der Waals surface area contributed by atoms with E-state index in [0.717, 1.165) is 17.7 Å². The zero-order chi connectivity index (χ0) is 14.7. The van der Waals surface area contributed by atoms with E-state index in [2.05, 4.69) is 13.8 Å². The number of likely N-dealkylation sites (N-methyl/N-ethyl adjacent to an activating group) is 1. The van der Waals surface area contributed by atoms with E-state index in [0.29, 0.717) is 18.9 Å². The van der Waals surface area contributed by atoms with E-state index in [1.54, 1.807) is 4.90 Å². The standard InChI is InChI=1S/C16H24N2O2.ClH/c1-11(2)13(17)8-9-18(3)16(19)15-10-12-6-4-5-7-14(12)20-15;/h4-7,11,13,15H,8-10,17H2,1-3H3;1H. The van der Waals surface area contributed by atoms with Crippen molar-refractivity contribution < 1.29 is 9.53 Å². The van der Waals surface area contributed by atoms with Crippen LogP contribution < -0.4 is 10.5 Å². The fraction of sp³-hybridized carbons (Fsp3) is 0.562. The van der Waals surface area contributed by atoms with Crippen LogP contribution >= 0.6 is 12.4 Å². The SMILES string of the molecule is CC(C)C(N)CCN(C)C(=O)C1Cc2ccccc2O1.Cl. The van der Waals surface area contributed by atoms with Gasteiger partial charge in [-0.1, -0.05) is 32.0 Å². The van der Waals surface area contributed by atoms with Crippen LogP contribution in [0.5, 0.6) is 5.75 Å². The summed E-state index contributed by atoms with van der Waals surface area (Å²) in [5.74, 6) is 1.31. The molecule has 0 bridgehead atoms. The van der Waals surface area contributed by atoms with E-state index in [1.165, 1.54) is 0 Å². The van der Waals surface area contributed by atoms with E-state index in [-0.39, 0.29) is 30.5 Å². The molecule has 0 radical (unpaired) electrons. The monoisotopic (exact) mass is 312 g/mol. The Morgan fingerprint density at radius 1 is 1.43 bits per heavy atom. The Labute approximate surface area is 133 Å². The Morgan fingerprint density at radius 3 is 2.71 bits per heavy atom. The minimum Gasteiger partial charge on any atom is -0.480 e. The molecule has 2 atom stereocenters. The third-order valence-electron chi connectivity index (χ3n) is 3.95. The molecule has 21 heavy (non-hydrogen) atoms. The van der Waals surface area contributed by atoms with Gasteiger partial charge in [-0.05, 0) is 24.0 Å². The smallest absolute Gasteiger partial charge is 0.263 e. The molecule has 118 valence electrons. The highest BCUT2D eigenvalue weighted by atomic mass is 35.5. The molecule has 1 amide bonds. The van der Waals surface area contributed by atoms with Crippen LogP contribution in [-0.2, 0) is 11.2 Å². The summed E-state index contributed by atoms with van der Waals surface area (Å²) in [6, 6.07) is 7.96. The number of hydrogen-bond donors (Lipinski definition) is 1. The lowest BCUT2D eigenvalue weighted by atomic mass is 10.0. The minimum absolute atomic E-state index is 0. The number of benzene rings is 1. The van der Waals surface area contributed by atoms with Crippen molar-refractivity contribution in [2.45, 2.75) is 38.8 Å². The molecule has 0 aromatic heterocycles. The Hall–Kier alpha value is -1.26. The van der Waals surface area contributed by atoms with Gasteiger partial charge in [0.2, 0.25) is 0 Å². The molecule has 0 saturated heterocycles. The fourth-order valence-electron chi connectivity index (χ4n) is 2.35. The predicted octanol–water partition coefficient (Wildman–Crippen LogP) is 2.24. The van der Waals surface area contributed by atoms with Crippen LogP contribution in [0.15, 0.2) is 24.3 Å². The molecule has 0 saturated carbocycles. The van der Waals surface area contributed by atoms with Crippen molar-refractivity contribution in [1.82, 2.24) is 4.90 Å². The second-order valence-electron chi connectivity index (χ2n) is 5.87. The molecule has 2 rings (SSSR count). The molecule has 0 aliphatic carbocycles. The summed E-state index contributed by atoms with van der Waals surface area (Å²) in [5, 5.41) is 0. The number of carbonyl (C=O) groups excluding carboxylic acids is 1. The third kappa shape index (κ3) is 4.35. The normalized spacial score (nSPS) is 17.7. The van der Waals surface area contributed by atoms with Crippen LogP contribution in [0, 0.1) is 5.92 Å². The van der Waals surface area contributed by atoms with Gasteiger partial charge in [0.25, 0.3) is 5.91 Å². The quantitative estimate of drug-likeness (QED) is 0.907. The Bertz CT molecular complexity index is 454. The Kier molecular flexibility index (Phi) is 6.49. The first-order valence-electron chi connectivity index (χ1n) is 7.24. The summed E-state index contributed by atoms with van der Waals surface area (Å²) in [4.78, 5) is 14.1. The van der Waals surface area contributed by atoms with Crippen molar-refractivity contribution in [3.8, 4) is 5.75 Å². The molecule has 5 heteroatoms. The van der Waals surface area contributed by atoms with Crippen molar-refractivity contribution in [2.24, 2.45) is 11.7 Å². The van der Waals surface area contributed by atoms with Crippen molar-refractivity contribution in [3.05, 3.63) is 29.8 Å². The number of rotatable bonds is 5. The summed E-state index contributed by atoms with van der Waals surface area (Å²) >= 11 is 0. The first-order chi connectivity index (χ1) is 9.49. The molecule has 1 aromatic carbocycles. The van der Waals surface area contributed by atoms with Gasteiger partial charge in [-0.2, -0.15) is 0 Å². The zero-order valence-corrected chi connectivity index (χ0v) is 13.7. The number of hydrogen-bond acceptors (Lipinski definition) is 3. The second-order valence-corrected chi connectivity index (χ2v) is 5.87. The van der Waals surface area contributed by atoms with Gasteiger partial charge in [0, 0.05) is 26.1 Å². The average molecular weight is 313 g/mol. The number of fused-ring (bicyclic) bond motifs is 1. The number of nitrogens with two attached hydrogens (primary N) is 1. The molecule has 4 nitrogen and oxygen atoms in total. The van der Waals surface area contributed by atoms with E-state index < -0.39 is 0 Å². The first kappa shape index (κ1) is 17.8. The topological polar surface area (TPSA) is 55.6 Å². The number of nitrogens with zero attached hydrogens (tertiary/aromatic N) is 1. The fourth-order valence-corrected chi connectivity index (χ4v) is 2.35. The summed E-state index contributed by atoms with van der Waals surface area (Å²) in [5.41, 5.74) is 7.13. The summed E-state index contributed by atoms with van der Waals surface area (Å²) in [6.45, 7) is 4.88. The van der Waals surface area contributed by atoms with Crippen LogP contribution in [0.1, 0.15) is 25.8 Å². The highest BCUT2D eigenvalue weighted by molar-refractivity contribution is 5.85. The second kappa shape index (κ2) is 7.66. The van der Waals surface area contributed by atoms with Gasteiger partial charge < -0.3 is 15.4 Å². The van der Waals surface area contributed by atoms with Gasteiger partial charge in [0.1, 0.15) is 5.75 Å². The summed E-state index contributed by atoms with van der Waals surface area (Å²) in [7, 11) is 1.82. The van der Waals surface area contributed by atoms with Crippen molar-refractivity contribution in [1.29, 1.82) is 0 Å². The maximum atomic E-state index is 12.4. The van der Waals surface area contributed by atoms with Gasteiger partial charge in [-0.15, -0.1) is 12.4 Å². The molecular formula is C16H25ClN2O2. The summed E-state index contributed by atoms with van der Waals surface area (Å²) in [6.07, 6.45) is 1.10. The van der Waals surface area contributed by atoms with Crippen LogP contribution in [-0.4, -0.2) is 36.5 Å². The van der Waals surface area contributed by atoms with Crippen LogP contribution in [0.25, 0.3) is 0 Å². The van der Waals surface area contributed by atoms with Crippen molar-refractivity contribution >= 4 is 18.3 Å². The molecule has 1 heterocycles. The number of halogens is 1. The molecular weight excluding hydrogens is 288 g/mol. The van der Waals surface area contributed by atoms with Gasteiger partial charge in [0.15, 0.2) is 6.10 Å². The molecule has 0 spiro atoms. The highest BCUT2D eigenvalue weighted by Gasteiger charge is 2.30. The van der Waals surface area contributed by atoms with Gasteiger partial charge >= 0.3 is 0 Å². The number of amides is 1. The Balaban J connectivity index is 0.00000220. The molecule has 1 aliphatic heterocycles. The molecule has 0 fully saturated rings. The lowest BCUT2D eigenvalue weighted by molar-refractivity contribution is -0.136. The molecule has 2 unspecified atom stereocenters. The molecule has 2 N–H and O–H groups in total. The number of para-hydroxylation sites is 1. The zero-order valence-electron chi connectivity index (χ0n) is 12.9. The maximum Gasteiger partial charge on any atom is 0.263 e. The average Bonchev–Trinajstić information content (AvgIpc) is 2.87. The molecule has 1 aromatic rings. The molecule has 1 aliphatic rings. The highest BCUT2D eigenvalue weighted by Crippen LogP contribution is 2.28. The van der Waals surface area contributed by atoms with E-state index in [1.807, 2.05) is 31.3 Å². The van der Waals surface area contributed by atoms with Crippen LogP contribution in [0.3, 0.4) is 0 Å². The van der Waals surface area contributed by atoms with Crippen LogP contribution in [0.4, 0.5) is 0 Å². The third-order valence-corrected chi connectivity index (χ3v) is 3.95. The van der Waals surface area contributed by atoms with Gasteiger partial charge in [-0.25, -0.2) is 0 Å². The van der Waals surface area contributed by atoms with Gasteiger partial charge in [0.05, 0.1) is 0 Å². The number of ether oxygens (including phenoxy) is 1. The van der Waals surface area contributed by atoms with Crippen LogP contribution in [0.2, 0.25) is 0 Å². The largest absolute Gasteiger partial charge is 0.480 e. The van der Waals surface area contributed by atoms with E-state index in [9.17, 15) is 4.79 Å². The first-order valence-corrected chi connectivity index (χ1v) is 7.24. The van der Waals surface area contributed by atoms with Crippen molar-refractivity contribution in [2.75, 3.05) is 13.6 Å². The maximum absolute atomic E-state index is 12.4. The lowest BCUT2D eigenvalue weighted by Gasteiger charge is -2.23. The lowest BCUT2D eigenvalue weighted by Crippen LogP contribution is -2.41.